The number of rotatable bonds is 8. The van der Waals surface area contributed by atoms with Crippen molar-refractivity contribution in [1.82, 2.24) is 5.32 Å². The fourth-order valence-corrected chi connectivity index (χ4v) is 2.91. The second-order valence-electron chi connectivity index (χ2n) is 5.76. The van der Waals surface area contributed by atoms with E-state index in [0.717, 1.165) is 59.0 Å². The molecular formula is C20H28ClNO3. The normalized spacial score (nSPS) is 10.1. The predicted molar refractivity (Wildman–Crippen MR) is 105 cm³/mol. The van der Waals surface area contributed by atoms with E-state index in [-0.39, 0.29) is 12.4 Å². The zero-order valence-electron chi connectivity index (χ0n) is 15.6. The first-order chi connectivity index (χ1) is 11.6. The van der Waals surface area contributed by atoms with Crippen LogP contribution in [-0.2, 0) is 13.0 Å². The summed E-state index contributed by atoms with van der Waals surface area (Å²) in [5.74, 6) is 2.77. The Bertz CT molecular complexity index is 689. The van der Waals surface area contributed by atoms with Gasteiger partial charge in [-0.15, -0.1) is 12.4 Å². The van der Waals surface area contributed by atoms with E-state index < -0.39 is 0 Å². The van der Waals surface area contributed by atoms with Gasteiger partial charge in [0.05, 0.1) is 21.3 Å². The molecule has 0 fully saturated rings. The number of para-hydroxylation sites is 1. The second-order valence-corrected chi connectivity index (χ2v) is 5.76. The van der Waals surface area contributed by atoms with Crippen molar-refractivity contribution in [2.45, 2.75) is 26.8 Å². The third-order valence-corrected chi connectivity index (χ3v) is 4.37. The van der Waals surface area contributed by atoms with Crippen molar-refractivity contribution in [3.63, 3.8) is 0 Å². The van der Waals surface area contributed by atoms with Crippen LogP contribution in [0.5, 0.6) is 17.2 Å². The molecule has 0 unspecified atom stereocenters. The van der Waals surface area contributed by atoms with Crippen molar-refractivity contribution in [2.24, 2.45) is 0 Å². The van der Waals surface area contributed by atoms with Crippen LogP contribution in [0.3, 0.4) is 0 Å². The lowest BCUT2D eigenvalue weighted by molar-refractivity contribution is 0.392. The van der Waals surface area contributed by atoms with Crippen LogP contribution in [0.2, 0.25) is 0 Å². The Morgan fingerprint density at radius 2 is 1.52 bits per heavy atom. The summed E-state index contributed by atoms with van der Waals surface area (Å²) in [6.45, 7) is 5.75. The summed E-state index contributed by atoms with van der Waals surface area (Å²) < 4.78 is 16.5. The molecule has 1 N–H and O–H groups in total. The van der Waals surface area contributed by atoms with E-state index in [1.165, 1.54) is 0 Å². The number of methoxy groups -OCH3 is 3. The minimum Gasteiger partial charge on any atom is -0.496 e. The molecule has 138 valence electrons. The summed E-state index contributed by atoms with van der Waals surface area (Å²) in [7, 11) is 5.13. The Morgan fingerprint density at radius 3 is 2.16 bits per heavy atom. The van der Waals surface area contributed by atoms with Crippen molar-refractivity contribution < 1.29 is 14.2 Å². The molecule has 0 aliphatic carbocycles. The molecule has 0 aliphatic heterocycles. The van der Waals surface area contributed by atoms with Gasteiger partial charge in [0.25, 0.3) is 0 Å². The molecule has 0 amide bonds. The first-order valence-electron chi connectivity index (χ1n) is 8.16. The lowest BCUT2D eigenvalue weighted by Gasteiger charge is -2.17. The molecule has 0 saturated heterocycles. The number of halogens is 1. The highest BCUT2D eigenvalue weighted by molar-refractivity contribution is 5.85. The van der Waals surface area contributed by atoms with Gasteiger partial charge in [0.15, 0.2) is 0 Å². The molecule has 2 aromatic carbocycles. The maximum atomic E-state index is 5.60. The largest absolute Gasteiger partial charge is 0.496 e. The van der Waals surface area contributed by atoms with E-state index in [1.54, 1.807) is 21.3 Å². The summed E-state index contributed by atoms with van der Waals surface area (Å²) in [6.07, 6.45) is 0.871. The summed E-state index contributed by atoms with van der Waals surface area (Å²) >= 11 is 0. The van der Waals surface area contributed by atoms with Crippen LogP contribution < -0.4 is 19.5 Å². The number of hydrogen-bond acceptors (Lipinski definition) is 4. The van der Waals surface area contributed by atoms with Crippen LogP contribution in [0.15, 0.2) is 30.3 Å². The summed E-state index contributed by atoms with van der Waals surface area (Å²) in [5.41, 5.74) is 4.58. The van der Waals surface area contributed by atoms with Crippen molar-refractivity contribution >= 4 is 12.4 Å². The smallest absolute Gasteiger partial charge is 0.125 e. The van der Waals surface area contributed by atoms with E-state index in [9.17, 15) is 0 Å². The van der Waals surface area contributed by atoms with Crippen molar-refractivity contribution in [1.29, 1.82) is 0 Å². The van der Waals surface area contributed by atoms with Gasteiger partial charge in [-0.1, -0.05) is 18.2 Å². The second kappa shape index (κ2) is 10.2. The van der Waals surface area contributed by atoms with Gasteiger partial charge in [0.1, 0.15) is 17.2 Å². The number of benzene rings is 2. The van der Waals surface area contributed by atoms with Crippen molar-refractivity contribution in [3.05, 3.63) is 52.6 Å². The van der Waals surface area contributed by atoms with Crippen LogP contribution in [0.25, 0.3) is 0 Å². The molecule has 0 bridgehead atoms. The highest BCUT2D eigenvalue weighted by Gasteiger charge is 2.13. The van der Waals surface area contributed by atoms with Crippen LogP contribution >= 0.6 is 12.4 Å². The Kier molecular flexibility index (Phi) is 8.59. The van der Waals surface area contributed by atoms with E-state index >= 15 is 0 Å². The van der Waals surface area contributed by atoms with Crippen LogP contribution in [0, 0.1) is 13.8 Å². The Morgan fingerprint density at radius 1 is 0.840 bits per heavy atom. The predicted octanol–water partition coefficient (Wildman–Crippen LogP) is 4.08. The molecule has 0 aromatic heterocycles. The molecule has 4 nitrogen and oxygen atoms in total. The molecular weight excluding hydrogens is 338 g/mol. The topological polar surface area (TPSA) is 39.7 Å². The maximum absolute atomic E-state index is 5.60. The number of nitrogens with one attached hydrogen (secondary N) is 1. The van der Waals surface area contributed by atoms with Gasteiger partial charge in [-0.25, -0.2) is 0 Å². The quantitative estimate of drug-likeness (QED) is 0.715. The highest BCUT2D eigenvalue weighted by Crippen LogP contribution is 2.33. The molecule has 0 atom stereocenters. The molecule has 0 radical (unpaired) electrons. The molecule has 25 heavy (non-hydrogen) atoms. The minimum atomic E-state index is 0. The van der Waals surface area contributed by atoms with E-state index in [0.29, 0.717) is 0 Å². The number of ether oxygens (including phenoxy) is 3. The summed E-state index contributed by atoms with van der Waals surface area (Å²) in [4.78, 5) is 0. The minimum absolute atomic E-state index is 0. The van der Waals surface area contributed by atoms with E-state index in [4.69, 9.17) is 14.2 Å². The van der Waals surface area contributed by atoms with E-state index in [2.05, 4.69) is 31.3 Å². The first kappa shape index (κ1) is 21.1. The van der Waals surface area contributed by atoms with Gasteiger partial charge in [-0.05, 0) is 55.6 Å². The van der Waals surface area contributed by atoms with Gasteiger partial charge in [0, 0.05) is 12.1 Å². The third kappa shape index (κ3) is 5.03. The molecule has 0 spiro atoms. The zero-order valence-corrected chi connectivity index (χ0v) is 16.5. The molecule has 0 aliphatic rings. The Hall–Kier alpha value is -1.91. The average Bonchev–Trinajstić information content (AvgIpc) is 2.61. The van der Waals surface area contributed by atoms with Gasteiger partial charge >= 0.3 is 0 Å². The Balaban J connectivity index is 0.00000312. The molecule has 2 rings (SSSR count). The van der Waals surface area contributed by atoms with Gasteiger partial charge in [0.2, 0.25) is 0 Å². The fourth-order valence-electron chi connectivity index (χ4n) is 2.91. The van der Waals surface area contributed by atoms with Gasteiger partial charge in [-0.2, -0.15) is 0 Å². The van der Waals surface area contributed by atoms with Crippen LogP contribution in [-0.4, -0.2) is 27.9 Å². The van der Waals surface area contributed by atoms with Gasteiger partial charge < -0.3 is 19.5 Å². The Labute approximate surface area is 156 Å². The van der Waals surface area contributed by atoms with Crippen LogP contribution in [0.4, 0.5) is 0 Å². The van der Waals surface area contributed by atoms with Crippen molar-refractivity contribution in [3.8, 4) is 17.2 Å². The lowest BCUT2D eigenvalue weighted by Crippen LogP contribution is -2.17. The highest BCUT2D eigenvalue weighted by atomic mass is 35.5. The monoisotopic (exact) mass is 365 g/mol. The van der Waals surface area contributed by atoms with Crippen LogP contribution in [0.1, 0.15) is 22.3 Å². The zero-order chi connectivity index (χ0) is 17.5. The summed E-state index contributed by atoms with van der Waals surface area (Å²) in [6, 6.07) is 10.1. The lowest BCUT2D eigenvalue weighted by atomic mass is 10.0. The van der Waals surface area contributed by atoms with E-state index in [1.807, 2.05) is 18.2 Å². The average molecular weight is 366 g/mol. The molecule has 0 heterocycles. The molecule has 5 heteroatoms. The third-order valence-electron chi connectivity index (χ3n) is 4.37. The molecule has 2 aromatic rings. The molecule has 0 saturated carbocycles. The maximum Gasteiger partial charge on any atom is 0.125 e. The van der Waals surface area contributed by atoms with Gasteiger partial charge in [-0.3, -0.25) is 0 Å². The SMILES string of the molecule is COc1ccccc1CNCCc1cc(OC)c(C)c(C)c1OC.Cl. The van der Waals surface area contributed by atoms with Crippen molar-refractivity contribution in [2.75, 3.05) is 27.9 Å². The summed E-state index contributed by atoms with van der Waals surface area (Å²) in [5, 5.41) is 3.47. The first-order valence-corrected chi connectivity index (χ1v) is 8.16. The fraction of sp³-hybridized carbons (Fsp3) is 0.400. The number of hydrogen-bond donors (Lipinski definition) is 1. The standard InChI is InChI=1S/C20H27NO3.ClH/c1-14-15(2)20(24-5)16(12-19(14)23-4)10-11-21-13-17-8-6-7-9-18(17)22-3;/h6-9,12,21H,10-11,13H2,1-5H3;1H.